The Balaban J connectivity index is 1.27. The van der Waals surface area contributed by atoms with Crippen LogP contribution in [0.25, 0.3) is 0 Å². The van der Waals surface area contributed by atoms with Gasteiger partial charge in [0.25, 0.3) is 0 Å². The highest BCUT2D eigenvalue weighted by atomic mass is 16.3. The van der Waals surface area contributed by atoms with Crippen LogP contribution in [0.4, 0.5) is 0 Å². The quantitative estimate of drug-likeness (QED) is 0.132. The number of Topliss-reactive ketones (excluding diaryl/α,β-unsaturated/α-hetero) is 1. The molecule has 0 radical (unpaired) electrons. The molecule has 5 rings (SSSR count). The van der Waals surface area contributed by atoms with E-state index in [1.165, 1.54) is 116 Å². The molecule has 1 heterocycles. The van der Waals surface area contributed by atoms with E-state index in [0.717, 1.165) is 43.6 Å². The molecule has 7 heteroatoms. The summed E-state index contributed by atoms with van der Waals surface area (Å²) in [6.07, 6.45) is 27.2. The first-order valence-corrected chi connectivity index (χ1v) is 18.0. The number of rotatable bonds is 15. The number of allylic oxidation sites excluding steroid dienone is 2. The van der Waals surface area contributed by atoms with Gasteiger partial charge in [-0.05, 0) is 43.9 Å². The van der Waals surface area contributed by atoms with E-state index in [9.17, 15) is 9.90 Å². The zero-order valence-corrected chi connectivity index (χ0v) is 26.9. The first-order chi connectivity index (χ1) is 21.1. The van der Waals surface area contributed by atoms with Crippen LogP contribution in [-0.2, 0) is 4.79 Å². The van der Waals surface area contributed by atoms with Gasteiger partial charge >= 0.3 is 0 Å². The minimum Gasteiger partial charge on any atom is -0.507 e. The number of hydrogen-bond donors (Lipinski definition) is 3. The smallest absolute Gasteiger partial charge is 0.202 e. The van der Waals surface area contributed by atoms with Crippen molar-refractivity contribution in [2.24, 2.45) is 32.7 Å². The summed E-state index contributed by atoms with van der Waals surface area (Å²) in [5.74, 6) is 4.54. The van der Waals surface area contributed by atoms with Gasteiger partial charge in [0.05, 0.1) is 11.1 Å². The van der Waals surface area contributed by atoms with E-state index in [1.54, 1.807) is 6.92 Å². The Morgan fingerprint density at radius 1 is 0.605 bits per heavy atom. The fraction of sp³-hybridized carbons (Fsp3) is 0.778. The predicted molar refractivity (Wildman–Crippen MR) is 178 cm³/mol. The Kier molecular flexibility index (Phi) is 12.3. The molecule has 7 nitrogen and oxygen atoms in total. The summed E-state index contributed by atoms with van der Waals surface area (Å²) in [7, 11) is 0. The maximum Gasteiger partial charge on any atom is 0.202 e. The fourth-order valence-corrected chi connectivity index (χ4v) is 7.91. The molecule has 5 aliphatic rings. The van der Waals surface area contributed by atoms with Crippen LogP contribution in [0.1, 0.15) is 142 Å². The number of ketones is 1. The molecule has 1 saturated heterocycles. The molecule has 3 N–H and O–H groups in total. The number of aliphatic imine (C=N–C) groups is 3. The minimum atomic E-state index is -0.119. The lowest BCUT2D eigenvalue weighted by Gasteiger charge is -2.29. The third-order valence-corrected chi connectivity index (χ3v) is 10.7. The van der Waals surface area contributed by atoms with E-state index < -0.39 is 0 Å². The summed E-state index contributed by atoms with van der Waals surface area (Å²) in [6, 6.07) is 0. The zero-order chi connectivity index (χ0) is 29.9. The Hall–Kier alpha value is -2.44. The topological polar surface area (TPSA) is 98.4 Å². The fourth-order valence-electron chi connectivity index (χ4n) is 7.91. The van der Waals surface area contributed by atoms with Crippen LogP contribution < -0.4 is 10.6 Å². The summed E-state index contributed by atoms with van der Waals surface area (Å²) < 4.78 is 0. The van der Waals surface area contributed by atoms with Crippen molar-refractivity contribution in [3.8, 4) is 0 Å². The average molecular weight is 592 g/mol. The van der Waals surface area contributed by atoms with Crippen LogP contribution >= 0.6 is 0 Å². The van der Waals surface area contributed by atoms with Gasteiger partial charge < -0.3 is 15.7 Å². The Morgan fingerprint density at radius 3 is 1.40 bits per heavy atom. The summed E-state index contributed by atoms with van der Waals surface area (Å²) in [4.78, 5) is 27.8. The monoisotopic (exact) mass is 591 g/mol. The van der Waals surface area contributed by atoms with E-state index in [4.69, 9.17) is 15.0 Å². The van der Waals surface area contributed by atoms with Crippen molar-refractivity contribution in [2.45, 2.75) is 142 Å². The van der Waals surface area contributed by atoms with Crippen molar-refractivity contribution in [2.75, 3.05) is 19.6 Å². The van der Waals surface area contributed by atoms with Gasteiger partial charge in [0.2, 0.25) is 5.96 Å². The van der Waals surface area contributed by atoms with E-state index in [1.807, 2.05) is 0 Å². The normalized spacial score (nSPS) is 24.0. The van der Waals surface area contributed by atoms with Crippen LogP contribution in [0.5, 0.6) is 0 Å². The van der Waals surface area contributed by atoms with Gasteiger partial charge in [-0.15, -0.1) is 0 Å². The number of carbonyl (C=O) groups excluding carboxylic acids is 1. The second-order valence-electron chi connectivity index (χ2n) is 13.9. The molecule has 0 bridgehead atoms. The van der Waals surface area contributed by atoms with Crippen LogP contribution in [-0.4, -0.2) is 48.2 Å². The van der Waals surface area contributed by atoms with Crippen molar-refractivity contribution < 1.29 is 9.90 Å². The van der Waals surface area contributed by atoms with E-state index in [0.29, 0.717) is 47.4 Å². The summed E-state index contributed by atoms with van der Waals surface area (Å²) in [5.41, 5.74) is 1.36. The Morgan fingerprint density at radius 2 is 1.00 bits per heavy atom. The Labute approximate surface area is 260 Å². The molecule has 0 amide bonds. The largest absolute Gasteiger partial charge is 0.507 e. The summed E-state index contributed by atoms with van der Waals surface area (Å²) in [5, 5.41) is 17.6. The van der Waals surface area contributed by atoms with Gasteiger partial charge in [-0.3, -0.25) is 19.8 Å². The molecule has 1 aliphatic heterocycles. The molecule has 0 aromatic heterocycles. The van der Waals surface area contributed by atoms with E-state index in [-0.39, 0.29) is 11.5 Å². The van der Waals surface area contributed by atoms with Crippen LogP contribution in [0.15, 0.2) is 37.5 Å². The minimum absolute atomic E-state index is 0.0683. The van der Waals surface area contributed by atoms with Gasteiger partial charge in [-0.2, -0.15) is 0 Å². The molecule has 4 fully saturated rings. The number of nitrogens with one attached hydrogen (secondary N) is 2. The lowest BCUT2D eigenvalue weighted by Crippen LogP contribution is -2.54. The molecule has 0 aromatic carbocycles. The van der Waals surface area contributed by atoms with Crippen molar-refractivity contribution >= 4 is 23.4 Å². The molecular weight excluding hydrogens is 534 g/mol. The first kappa shape index (κ1) is 32.0. The number of aliphatic hydroxyl groups is 1. The molecule has 0 spiro atoms. The zero-order valence-electron chi connectivity index (χ0n) is 26.9. The molecular formula is C36H57N5O2. The Bertz CT molecular complexity index is 1050. The van der Waals surface area contributed by atoms with Gasteiger partial charge in [0, 0.05) is 25.2 Å². The number of aliphatic hydroxyl groups excluding tert-OH is 1. The van der Waals surface area contributed by atoms with Crippen molar-refractivity contribution in [1.82, 2.24) is 10.6 Å². The third kappa shape index (κ3) is 9.04. The predicted octanol–water partition coefficient (Wildman–Crippen LogP) is 8.13. The molecule has 238 valence electrons. The van der Waals surface area contributed by atoms with Crippen molar-refractivity contribution in [1.29, 1.82) is 0 Å². The molecule has 0 aromatic rings. The van der Waals surface area contributed by atoms with Gasteiger partial charge in [0.1, 0.15) is 17.4 Å². The second kappa shape index (κ2) is 16.6. The average Bonchev–Trinajstić information content (AvgIpc) is 3.82. The number of hydrogen-bond acceptors (Lipinski definition) is 5. The van der Waals surface area contributed by atoms with Gasteiger partial charge in [-0.25, -0.2) is 0 Å². The van der Waals surface area contributed by atoms with Crippen molar-refractivity contribution in [3.05, 3.63) is 22.5 Å². The number of nitrogens with zero attached hydrogens (tertiary/aromatic N) is 3. The molecule has 4 aliphatic carbocycles. The van der Waals surface area contributed by atoms with Crippen LogP contribution in [0.3, 0.4) is 0 Å². The first-order valence-electron chi connectivity index (χ1n) is 18.0. The van der Waals surface area contributed by atoms with Crippen LogP contribution in [0.2, 0.25) is 0 Å². The summed E-state index contributed by atoms with van der Waals surface area (Å²) in [6.45, 7) is 3.81. The molecule has 43 heavy (non-hydrogen) atoms. The van der Waals surface area contributed by atoms with Gasteiger partial charge in [0.15, 0.2) is 5.78 Å². The van der Waals surface area contributed by atoms with Crippen molar-refractivity contribution in [3.63, 3.8) is 0 Å². The summed E-state index contributed by atoms with van der Waals surface area (Å²) >= 11 is 0. The number of guanidine groups is 1. The number of unbranched alkanes of at least 4 members (excludes halogenated alkanes) is 3. The molecule has 0 atom stereocenters. The lowest BCUT2D eigenvalue weighted by atomic mass is 9.84. The molecule has 3 saturated carbocycles. The van der Waals surface area contributed by atoms with Gasteiger partial charge in [-0.1, -0.05) is 116 Å². The molecule has 0 unspecified atom stereocenters. The maximum absolute atomic E-state index is 13.0. The maximum atomic E-state index is 13.0. The number of amidine groups is 2. The second-order valence-corrected chi connectivity index (χ2v) is 13.9. The number of carbonyl (C=O) groups is 1. The lowest BCUT2D eigenvalue weighted by molar-refractivity contribution is -0.113. The standard InChI is InChI=1S/C36H57N5O2/c1-26-32(42)30(33(26)43)31-34(37-23-11-8-20-27-14-2-3-15-27)40-36(39-25-13-10-22-29-18-6-7-19-29)41-35(31)38-24-12-9-21-28-16-4-5-17-28/h27-29,42H,2-25H2,1H3,(H2,37,38,39,40,41). The van der Waals surface area contributed by atoms with E-state index >= 15 is 0 Å². The third-order valence-electron chi connectivity index (χ3n) is 10.7. The highest BCUT2D eigenvalue weighted by Gasteiger charge is 2.38. The SMILES string of the molecule is CC1=C(O)C(=C2C(=NCCCCC3CCCC3)NC(=NCCCCC3CCCC3)NC2=NCCCCC2CCCC2)C1=O. The highest BCUT2D eigenvalue weighted by molar-refractivity contribution is 6.38. The highest BCUT2D eigenvalue weighted by Crippen LogP contribution is 2.33. The van der Waals surface area contributed by atoms with E-state index in [2.05, 4.69) is 10.6 Å². The van der Waals surface area contributed by atoms with Crippen LogP contribution in [0, 0.1) is 17.8 Å².